The Morgan fingerprint density at radius 3 is 2.55 bits per heavy atom. The first-order chi connectivity index (χ1) is 15.5. The topological polar surface area (TPSA) is 76.9 Å². The van der Waals surface area contributed by atoms with Crippen LogP contribution in [0.1, 0.15) is 45.5 Å². The fraction of sp³-hybridized carbons (Fsp3) is 0.500. The second kappa shape index (κ2) is 8.98. The highest BCUT2D eigenvalue weighted by molar-refractivity contribution is 6.31. The van der Waals surface area contributed by atoms with E-state index in [2.05, 4.69) is 46.1 Å². The molecule has 1 aromatic carbocycles. The summed E-state index contributed by atoms with van der Waals surface area (Å²) in [5.74, 6) is 0.786. The normalized spacial score (nSPS) is 15.7. The third kappa shape index (κ3) is 6.05. The van der Waals surface area contributed by atoms with Gasteiger partial charge in [-0.3, -0.25) is 4.57 Å². The van der Waals surface area contributed by atoms with E-state index in [9.17, 15) is 13.2 Å². The number of hydrogen-bond acceptors (Lipinski definition) is 6. The van der Waals surface area contributed by atoms with E-state index in [0.29, 0.717) is 29.2 Å². The monoisotopic (exact) mass is 482 g/mol. The highest BCUT2D eigenvalue weighted by Crippen LogP contribution is 2.34. The molecular formula is C22H26ClF3N6O. The summed E-state index contributed by atoms with van der Waals surface area (Å²) < 4.78 is 44.2. The summed E-state index contributed by atoms with van der Waals surface area (Å²) in [6.45, 7) is 8.07. The fourth-order valence-electron chi connectivity index (χ4n) is 3.94. The molecule has 0 aliphatic carbocycles. The molecule has 11 heteroatoms. The molecule has 2 aromatic heterocycles. The van der Waals surface area contributed by atoms with Crippen LogP contribution in [0.5, 0.6) is 5.75 Å². The van der Waals surface area contributed by atoms with Crippen LogP contribution in [0.15, 0.2) is 24.4 Å². The number of aromatic nitrogens is 4. The Morgan fingerprint density at radius 2 is 1.88 bits per heavy atom. The van der Waals surface area contributed by atoms with Crippen LogP contribution in [0.25, 0.3) is 11.2 Å². The lowest BCUT2D eigenvalue weighted by Crippen LogP contribution is -2.30. The van der Waals surface area contributed by atoms with Crippen LogP contribution in [0.4, 0.5) is 24.8 Å². The highest BCUT2D eigenvalue weighted by Gasteiger charge is 2.31. The summed E-state index contributed by atoms with van der Waals surface area (Å²) >= 11 is 6.05. The van der Waals surface area contributed by atoms with Gasteiger partial charge in [0.15, 0.2) is 5.65 Å². The van der Waals surface area contributed by atoms with Crippen molar-refractivity contribution in [3.63, 3.8) is 0 Å². The Kier molecular flexibility index (Phi) is 6.41. The number of nitrogens with one attached hydrogen (secondary N) is 2. The molecule has 0 atom stereocenters. The zero-order chi connectivity index (χ0) is 23.8. The lowest BCUT2D eigenvalue weighted by molar-refractivity contribution is -0.274. The lowest BCUT2D eigenvalue weighted by atomic mass is 9.92. The van der Waals surface area contributed by atoms with Gasteiger partial charge in [0, 0.05) is 29.2 Å². The van der Waals surface area contributed by atoms with Gasteiger partial charge in [0.2, 0.25) is 5.95 Å². The molecule has 0 spiro atoms. The van der Waals surface area contributed by atoms with Gasteiger partial charge in [0.25, 0.3) is 0 Å². The van der Waals surface area contributed by atoms with Gasteiger partial charge in [-0.25, -0.2) is 15.0 Å². The van der Waals surface area contributed by atoms with Crippen molar-refractivity contribution in [2.24, 2.45) is 5.41 Å². The Bertz CT molecular complexity index is 1140. The fourth-order valence-corrected chi connectivity index (χ4v) is 4.17. The Hall–Kier alpha value is -2.59. The van der Waals surface area contributed by atoms with E-state index < -0.39 is 12.1 Å². The molecule has 2 N–H and O–H groups in total. The van der Waals surface area contributed by atoms with E-state index in [1.165, 1.54) is 12.1 Å². The van der Waals surface area contributed by atoms with Gasteiger partial charge < -0.3 is 15.4 Å². The average molecular weight is 483 g/mol. The minimum atomic E-state index is -4.82. The summed E-state index contributed by atoms with van der Waals surface area (Å²) in [6, 6.07) is 4.00. The van der Waals surface area contributed by atoms with Crippen molar-refractivity contribution in [3.05, 3.63) is 35.2 Å². The van der Waals surface area contributed by atoms with Crippen LogP contribution in [0.2, 0.25) is 5.02 Å². The molecule has 4 rings (SSSR count). The van der Waals surface area contributed by atoms with Gasteiger partial charge >= 0.3 is 6.36 Å². The van der Waals surface area contributed by atoms with E-state index in [-0.39, 0.29) is 16.5 Å². The minimum Gasteiger partial charge on any atom is -0.406 e. The first-order valence-corrected chi connectivity index (χ1v) is 11.1. The number of halogens is 4. The van der Waals surface area contributed by atoms with Crippen LogP contribution in [0, 0.1) is 5.41 Å². The van der Waals surface area contributed by atoms with Crippen LogP contribution in [-0.4, -0.2) is 39.0 Å². The van der Waals surface area contributed by atoms with E-state index >= 15 is 0 Å². The first kappa shape index (κ1) is 23.6. The lowest BCUT2D eigenvalue weighted by Gasteiger charge is -2.26. The minimum absolute atomic E-state index is 0.0179. The number of benzene rings is 1. The molecule has 1 aliphatic heterocycles. The SMILES string of the molecule is CC(C)(C)Cc1ncc2nc(Nc3cc(Cl)cc(OC(F)(F)F)c3)n(C3CCNCC3)c2n1. The number of alkyl halides is 3. The van der Waals surface area contributed by atoms with Crippen LogP contribution in [0.3, 0.4) is 0 Å². The predicted octanol–water partition coefficient (Wildman–Crippen LogP) is 5.64. The van der Waals surface area contributed by atoms with Crippen molar-refractivity contribution in [2.75, 3.05) is 18.4 Å². The molecule has 1 fully saturated rings. The molecule has 1 saturated heterocycles. The summed E-state index contributed by atoms with van der Waals surface area (Å²) in [6.07, 6.45) is -0.672. The summed E-state index contributed by atoms with van der Waals surface area (Å²) in [7, 11) is 0. The van der Waals surface area contributed by atoms with Gasteiger partial charge in [0.1, 0.15) is 17.1 Å². The number of fused-ring (bicyclic) bond motifs is 1. The second-order valence-corrected chi connectivity index (χ2v) is 9.80. The van der Waals surface area contributed by atoms with Crippen molar-refractivity contribution >= 4 is 34.4 Å². The van der Waals surface area contributed by atoms with Gasteiger partial charge in [-0.15, -0.1) is 13.2 Å². The van der Waals surface area contributed by atoms with E-state index in [0.717, 1.165) is 37.8 Å². The van der Waals surface area contributed by atoms with Crippen molar-refractivity contribution in [3.8, 4) is 5.75 Å². The molecule has 33 heavy (non-hydrogen) atoms. The van der Waals surface area contributed by atoms with Crippen LogP contribution < -0.4 is 15.4 Å². The molecule has 178 valence electrons. The second-order valence-electron chi connectivity index (χ2n) is 9.37. The number of anilines is 2. The van der Waals surface area contributed by atoms with Gasteiger partial charge in [-0.1, -0.05) is 32.4 Å². The number of hydrogen-bond donors (Lipinski definition) is 2. The molecule has 3 aromatic rings. The Labute approximate surface area is 194 Å². The van der Waals surface area contributed by atoms with Gasteiger partial charge in [-0.05, 0) is 43.5 Å². The molecule has 0 amide bonds. The summed E-state index contributed by atoms with van der Waals surface area (Å²) in [5, 5.41) is 6.58. The van der Waals surface area contributed by atoms with Gasteiger partial charge in [-0.2, -0.15) is 0 Å². The number of piperidine rings is 1. The quantitative estimate of drug-likeness (QED) is 0.490. The maximum atomic E-state index is 12.7. The molecular weight excluding hydrogens is 457 g/mol. The number of nitrogens with zero attached hydrogens (tertiary/aromatic N) is 4. The summed E-state index contributed by atoms with van der Waals surface area (Å²) in [5.41, 5.74) is 1.66. The van der Waals surface area contributed by atoms with Gasteiger partial charge in [0.05, 0.1) is 6.20 Å². The molecule has 7 nitrogen and oxygen atoms in total. The molecule has 3 heterocycles. The number of rotatable bonds is 5. The largest absolute Gasteiger partial charge is 0.573 e. The molecule has 0 saturated carbocycles. The van der Waals surface area contributed by atoms with Crippen molar-refractivity contribution in [1.29, 1.82) is 0 Å². The van der Waals surface area contributed by atoms with Crippen molar-refractivity contribution in [1.82, 2.24) is 24.8 Å². The molecule has 1 aliphatic rings. The third-order valence-corrected chi connectivity index (χ3v) is 5.42. The standard InChI is InChI=1S/C22H26ClF3N6O/c1-21(2,3)11-18-28-12-17-19(31-18)32(15-4-6-27-7-5-15)20(30-17)29-14-8-13(23)9-16(10-14)33-22(24,25)26/h8-10,12,15,27H,4-7,11H2,1-3H3,(H,29,30). The summed E-state index contributed by atoms with van der Waals surface area (Å²) in [4.78, 5) is 13.9. The van der Waals surface area contributed by atoms with E-state index in [1.807, 2.05) is 4.57 Å². The zero-order valence-corrected chi connectivity index (χ0v) is 19.4. The smallest absolute Gasteiger partial charge is 0.406 e. The third-order valence-electron chi connectivity index (χ3n) is 5.21. The average Bonchev–Trinajstić information content (AvgIpc) is 3.02. The van der Waals surface area contributed by atoms with E-state index in [4.69, 9.17) is 16.6 Å². The maximum absolute atomic E-state index is 12.7. The van der Waals surface area contributed by atoms with Crippen LogP contribution in [-0.2, 0) is 6.42 Å². The van der Waals surface area contributed by atoms with Crippen molar-refractivity contribution in [2.45, 2.75) is 52.4 Å². The highest BCUT2D eigenvalue weighted by atomic mass is 35.5. The number of imidazole rings is 1. The molecule has 0 unspecified atom stereocenters. The number of ether oxygens (including phenoxy) is 1. The predicted molar refractivity (Wildman–Crippen MR) is 121 cm³/mol. The molecule has 0 radical (unpaired) electrons. The molecule has 0 bridgehead atoms. The first-order valence-electron chi connectivity index (χ1n) is 10.7. The Balaban J connectivity index is 1.75. The Morgan fingerprint density at radius 1 is 1.15 bits per heavy atom. The van der Waals surface area contributed by atoms with Crippen LogP contribution >= 0.6 is 11.6 Å². The zero-order valence-electron chi connectivity index (χ0n) is 18.6. The van der Waals surface area contributed by atoms with E-state index in [1.54, 1.807) is 6.20 Å². The van der Waals surface area contributed by atoms with Crippen molar-refractivity contribution < 1.29 is 17.9 Å². The maximum Gasteiger partial charge on any atom is 0.573 e.